The summed E-state index contributed by atoms with van der Waals surface area (Å²) in [5.74, 6) is 0. The zero-order valence-corrected chi connectivity index (χ0v) is 17.4. The Kier molecular flexibility index (Phi) is 4.34. The zero-order valence-electron chi connectivity index (χ0n) is 17.4. The molecule has 8 nitrogen and oxygen atoms in total. The van der Waals surface area contributed by atoms with Crippen molar-refractivity contribution in [3.63, 3.8) is 0 Å². The van der Waals surface area contributed by atoms with E-state index in [1.165, 1.54) is 38.4 Å². The number of imidazole rings is 1. The van der Waals surface area contributed by atoms with E-state index in [0.29, 0.717) is 30.0 Å². The van der Waals surface area contributed by atoms with Gasteiger partial charge in [0.1, 0.15) is 5.39 Å². The van der Waals surface area contributed by atoms with Gasteiger partial charge in [-0.05, 0) is 37.5 Å². The molecule has 1 aliphatic carbocycles. The van der Waals surface area contributed by atoms with Gasteiger partial charge in [0.05, 0.1) is 35.5 Å². The third kappa shape index (κ3) is 3.05. The van der Waals surface area contributed by atoms with Crippen molar-refractivity contribution in [2.75, 3.05) is 18.0 Å². The van der Waals surface area contributed by atoms with E-state index in [-0.39, 0.29) is 11.7 Å². The fourth-order valence-corrected chi connectivity index (χ4v) is 5.27. The number of aliphatic hydroxyl groups is 1. The lowest BCUT2D eigenvalue weighted by atomic mass is 9.95. The van der Waals surface area contributed by atoms with E-state index in [9.17, 15) is 9.90 Å². The molecule has 4 heterocycles. The molecule has 1 unspecified atom stereocenters. The third-order valence-corrected chi connectivity index (χ3v) is 6.88. The molecule has 0 bridgehead atoms. The van der Waals surface area contributed by atoms with Crippen LogP contribution >= 0.6 is 0 Å². The fourth-order valence-electron chi connectivity index (χ4n) is 5.27. The van der Waals surface area contributed by atoms with Crippen molar-refractivity contribution >= 4 is 27.8 Å². The highest BCUT2D eigenvalue weighted by Crippen LogP contribution is 2.33. The smallest absolute Gasteiger partial charge is 0.262 e. The molecule has 4 aromatic rings. The summed E-state index contributed by atoms with van der Waals surface area (Å²) in [7, 11) is 0. The number of hydrogen-bond donors (Lipinski definition) is 2. The molecular weight excluding hydrogens is 392 g/mol. The molecule has 6 rings (SSSR count). The molecule has 1 aromatic carbocycles. The first-order chi connectivity index (χ1) is 15.2. The summed E-state index contributed by atoms with van der Waals surface area (Å²) in [6.45, 7) is 1.25. The van der Waals surface area contributed by atoms with Gasteiger partial charge in [0, 0.05) is 31.0 Å². The molecule has 1 aliphatic heterocycles. The lowest BCUT2D eigenvalue weighted by Crippen LogP contribution is -2.22. The van der Waals surface area contributed by atoms with Crippen LogP contribution in [0.2, 0.25) is 0 Å². The summed E-state index contributed by atoms with van der Waals surface area (Å²) in [6.07, 6.45) is 12.0. The van der Waals surface area contributed by atoms with E-state index >= 15 is 0 Å². The zero-order chi connectivity index (χ0) is 20.9. The minimum Gasteiger partial charge on any atom is -0.391 e. The van der Waals surface area contributed by atoms with Gasteiger partial charge in [-0.2, -0.15) is 0 Å². The SMILES string of the molecule is O=c1[nH]cnc2c1c(N1CCC(O)C1)cn2-c1ccc2c(c1)ncn2C1CCCCC1. The van der Waals surface area contributed by atoms with Crippen molar-refractivity contribution in [1.29, 1.82) is 0 Å². The molecule has 0 radical (unpaired) electrons. The van der Waals surface area contributed by atoms with E-state index in [4.69, 9.17) is 0 Å². The number of β-amino-alcohol motifs (C(OH)–C–C–N with tert-alkyl or cyclic N) is 1. The lowest BCUT2D eigenvalue weighted by molar-refractivity contribution is 0.198. The number of rotatable bonds is 3. The summed E-state index contributed by atoms with van der Waals surface area (Å²) in [4.78, 5) is 26.6. The molecule has 1 saturated carbocycles. The predicted molar refractivity (Wildman–Crippen MR) is 120 cm³/mol. The Balaban J connectivity index is 1.46. The summed E-state index contributed by atoms with van der Waals surface area (Å²) >= 11 is 0. The number of aromatic amines is 1. The van der Waals surface area contributed by atoms with Gasteiger partial charge in [-0.15, -0.1) is 0 Å². The third-order valence-electron chi connectivity index (χ3n) is 6.88. The second-order valence-corrected chi connectivity index (χ2v) is 8.82. The van der Waals surface area contributed by atoms with Gasteiger partial charge in [-0.1, -0.05) is 19.3 Å². The van der Waals surface area contributed by atoms with E-state index in [1.807, 2.05) is 17.1 Å². The molecule has 8 heteroatoms. The molecular formula is C23H26N6O2. The van der Waals surface area contributed by atoms with Crippen molar-refractivity contribution in [2.24, 2.45) is 0 Å². The van der Waals surface area contributed by atoms with Gasteiger partial charge in [-0.25, -0.2) is 9.97 Å². The molecule has 3 aromatic heterocycles. The molecule has 2 aliphatic rings. The van der Waals surface area contributed by atoms with Crippen LogP contribution in [0.3, 0.4) is 0 Å². The van der Waals surface area contributed by atoms with Crippen LogP contribution < -0.4 is 10.5 Å². The number of fused-ring (bicyclic) bond motifs is 2. The van der Waals surface area contributed by atoms with Gasteiger partial charge in [0.25, 0.3) is 5.56 Å². The van der Waals surface area contributed by atoms with E-state index in [0.717, 1.165) is 29.0 Å². The number of nitrogens with one attached hydrogen (secondary N) is 1. The average molecular weight is 419 g/mol. The Labute approximate surface area is 179 Å². The number of aromatic nitrogens is 5. The largest absolute Gasteiger partial charge is 0.391 e. The van der Waals surface area contributed by atoms with E-state index in [2.05, 4.69) is 42.6 Å². The maximum absolute atomic E-state index is 12.7. The van der Waals surface area contributed by atoms with Crippen molar-refractivity contribution in [3.05, 3.63) is 47.4 Å². The minimum atomic E-state index is -0.366. The summed E-state index contributed by atoms with van der Waals surface area (Å²) < 4.78 is 4.29. The maximum Gasteiger partial charge on any atom is 0.262 e. The van der Waals surface area contributed by atoms with Gasteiger partial charge >= 0.3 is 0 Å². The van der Waals surface area contributed by atoms with Crippen LogP contribution in [0.25, 0.3) is 27.8 Å². The highest BCUT2D eigenvalue weighted by molar-refractivity contribution is 5.92. The molecule has 2 N–H and O–H groups in total. The molecule has 160 valence electrons. The van der Waals surface area contributed by atoms with Gasteiger partial charge < -0.3 is 19.6 Å². The van der Waals surface area contributed by atoms with Crippen LogP contribution in [-0.2, 0) is 0 Å². The second kappa shape index (κ2) is 7.23. The Bertz CT molecular complexity index is 1310. The van der Waals surface area contributed by atoms with Crippen molar-refractivity contribution in [1.82, 2.24) is 24.1 Å². The van der Waals surface area contributed by atoms with Crippen LogP contribution in [0.5, 0.6) is 0 Å². The number of benzene rings is 1. The summed E-state index contributed by atoms with van der Waals surface area (Å²) in [5, 5.41) is 10.6. The minimum absolute atomic E-state index is 0.164. The normalized spacial score (nSPS) is 20.3. The molecule has 31 heavy (non-hydrogen) atoms. The molecule has 1 atom stereocenters. The number of aliphatic hydroxyl groups excluding tert-OH is 1. The van der Waals surface area contributed by atoms with Crippen LogP contribution in [0.1, 0.15) is 44.6 Å². The quantitative estimate of drug-likeness (QED) is 0.533. The summed E-state index contributed by atoms with van der Waals surface area (Å²) in [5.41, 5.74) is 4.30. The predicted octanol–water partition coefficient (Wildman–Crippen LogP) is 3.14. The number of nitrogens with zero attached hydrogens (tertiary/aromatic N) is 5. The Morgan fingerprint density at radius 2 is 1.97 bits per heavy atom. The fraction of sp³-hybridized carbons (Fsp3) is 0.435. The first-order valence-electron chi connectivity index (χ1n) is 11.2. The Morgan fingerprint density at radius 3 is 2.77 bits per heavy atom. The maximum atomic E-state index is 12.7. The van der Waals surface area contributed by atoms with E-state index < -0.39 is 0 Å². The van der Waals surface area contributed by atoms with Crippen molar-refractivity contribution in [3.8, 4) is 5.69 Å². The molecule has 1 saturated heterocycles. The highest BCUT2D eigenvalue weighted by atomic mass is 16.3. The monoisotopic (exact) mass is 418 g/mol. The Morgan fingerprint density at radius 1 is 1.10 bits per heavy atom. The van der Waals surface area contributed by atoms with Gasteiger partial charge in [0.2, 0.25) is 0 Å². The highest BCUT2D eigenvalue weighted by Gasteiger charge is 2.26. The lowest BCUT2D eigenvalue weighted by Gasteiger charge is -2.23. The first-order valence-corrected chi connectivity index (χ1v) is 11.2. The van der Waals surface area contributed by atoms with Crippen molar-refractivity contribution in [2.45, 2.75) is 50.7 Å². The van der Waals surface area contributed by atoms with Crippen LogP contribution in [0.15, 0.2) is 41.8 Å². The molecule has 0 spiro atoms. The number of H-pyrrole nitrogens is 1. The molecule has 2 fully saturated rings. The topological polar surface area (TPSA) is 92.0 Å². The van der Waals surface area contributed by atoms with Crippen molar-refractivity contribution < 1.29 is 5.11 Å². The van der Waals surface area contributed by atoms with E-state index in [1.54, 1.807) is 0 Å². The first kappa shape index (κ1) is 18.6. The average Bonchev–Trinajstić information content (AvgIpc) is 3.50. The number of hydrogen-bond acceptors (Lipinski definition) is 5. The van der Waals surface area contributed by atoms with Crippen LogP contribution in [0.4, 0.5) is 5.69 Å². The summed E-state index contributed by atoms with van der Waals surface area (Å²) in [6, 6.07) is 6.81. The second-order valence-electron chi connectivity index (χ2n) is 8.82. The van der Waals surface area contributed by atoms with Crippen LogP contribution in [-0.4, -0.2) is 48.4 Å². The van der Waals surface area contributed by atoms with Gasteiger partial charge in [-0.3, -0.25) is 9.36 Å². The molecule has 0 amide bonds. The van der Waals surface area contributed by atoms with Crippen LogP contribution in [0, 0.1) is 0 Å². The van der Waals surface area contributed by atoms with Gasteiger partial charge in [0.15, 0.2) is 5.65 Å². The Hall–Kier alpha value is -3.13. The number of anilines is 1. The standard InChI is InChI=1S/C23H26N6O2/c30-17-8-9-27(11-17)20-12-28(22-21(20)23(31)25-13-24-22)16-6-7-19-18(10-16)26-14-29(19)15-4-2-1-3-5-15/h6-7,10,12-15,17,30H,1-5,8-9,11H2,(H,24,25,31).